The zero-order valence-corrected chi connectivity index (χ0v) is 11.8. The normalized spacial score (nSPS) is 10.2. The van der Waals surface area contributed by atoms with Gasteiger partial charge < -0.3 is 10.1 Å². The molecule has 2 rings (SSSR count). The Morgan fingerprint density at radius 1 is 1.42 bits per heavy atom. The molecule has 1 amide bonds. The highest BCUT2D eigenvalue weighted by atomic mass is 32.1. The van der Waals surface area contributed by atoms with Gasteiger partial charge in [0.25, 0.3) is 0 Å². The molecule has 0 saturated heterocycles. The van der Waals surface area contributed by atoms with E-state index in [-0.39, 0.29) is 11.6 Å². The van der Waals surface area contributed by atoms with E-state index in [1.807, 2.05) is 16.8 Å². The van der Waals surface area contributed by atoms with Gasteiger partial charge in [0.05, 0.1) is 13.0 Å². The van der Waals surface area contributed by atoms with Crippen LogP contribution in [0.4, 0.5) is 5.13 Å². The number of esters is 1. The van der Waals surface area contributed by atoms with E-state index >= 15 is 0 Å². The molecule has 100 valence electrons. The second-order valence-corrected chi connectivity index (χ2v) is 5.25. The molecule has 0 aromatic carbocycles. The molecule has 0 radical (unpaired) electrons. The number of anilines is 1. The fourth-order valence-corrected chi connectivity index (χ4v) is 2.74. The molecule has 0 unspecified atom stereocenters. The van der Waals surface area contributed by atoms with Crippen LogP contribution >= 0.6 is 22.7 Å². The largest absolute Gasteiger partial charge is 0.461 e. The van der Waals surface area contributed by atoms with E-state index in [1.54, 1.807) is 23.6 Å². The predicted octanol–water partition coefficient (Wildman–Crippen LogP) is 2.56. The second kappa shape index (κ2) is 6.44. The molecule has 7 heteroatoms. The van der Waals surface area contributed by atoms with E-state index in [4.69, 9.17) is 4.74 Å². The number of thiazole rings is 1. The van der Waals surface area contributed by atoms with Crippen LogP contribution in [0.1, 0.15) is 23.0 Å². The number of hydrogen-bond donors (Lipinski definition) is 1. The highest BCUT2D eigenvalue weighted by Gasteiger charge is 2.13. The molecule has 5 nitrogen and oxygen atoms in total. The van der Waals surface area contributed by atoms with E-state index in [0.29, 0.717) is 18.2 Å². The van der Waals surface area contributed by atoms with Crippen LogP contribution in [-0.2, 0) is 16.0 Å². The Hall–Kier alpha value is -1.73. The van der Waals surface area contributed by atoms with Crippen molar-refractivity contribution in [3.05, 3.63) is 33.5 Å². The summed E-state index contributed by atoms with van der Waals surface area (Å²) in [6.45, 7) is 2.03. The maximum atomic E-state index is 11.7. The van der Waals surface area contributed by atoms with Crippen LogP contribution in [0.2, 0.25) is 0 Å². The van der Waals surface area contributed by atoms with Crippen LogP contribution in [0.5, 0.6) is 0 Å². The van der Waals surface area contributed by atoms with Gasteiger partial charge in [0.2, 0.25) is 5.91 Å². The van der Waals surface area contributed by atoms with Crippen LogP contribution < -0.4 is 5.32 Å². The van der Waals surface area contributed by atoms with Crippen molar-refractivity contribution in [3.63, 3.8) is 0 Å². The Balaban J connectivity index is 1.92. The lowest BCUT2D eigenvalue weighted by Gasteiger charge is -1.99. The van der Waals surface area contributed by atoms with Gasteiger partial charge in [0, 0.05) is 5.38 Å². The molecule has 0 fully saturated rings. The topological polar surface area (TPSA) is 68.3 Å². The number of amides is 1. The van der Waals surface area contributed by atoms with Gasteiger partial charge in [0.1, 0.15) is 0 Å². The first-order valence-corrected chi connectivity index (χ1v) is 7.45. The van der Waals surface area contributed by atoms with Crippen molar-refractivity contribution in [3.8, 4) is 0 Å². The Morgan fingerprint density at radius 3 is 2.95 bits per heavy atom. The van der Waals surface area contributed by atoms with Crippen LogP contribution in [0.25, 0.3) is 0 Å². The van der Waals surface area contributed by atoms with Crippen molar-refractivity contribution < 1.29 is 14.3 Å². The number of ether oxygens (including phenoxy) is 1. The number of carbonyl (C=O) groups excluding carboxylic acids is 2. The third-order valence-corrected chi connectivity index (χ3v) is 3.67. The summed E-state index contributed by atoms with van der Waals surface area (Å²) in [5, 5.41) is 8.48. The molecule has 0 spiro atoms. The number of rotatable bonds is 5. The zero-order chi connectivity index (χ0) is 13.7. The Kier molecular flexibility index (Phi) is 4.64. The summed E-state index contributed by atoms with van der Waals surface area (Å²) in [5.41, 5.74) is 1.18. The lowest BCUT2D eigenvalue weighted by molar-refractivity contribution is -0.115. The van der Waals surface area contributed by atoms with Crippen LogP contribution in [0.3, 0.4) is 0 Å². The summed E-state index contributed by atoms with van der Waals surface area (Å²) < 4.78 is 4.83. The van der Waals surface area contributed by atoms with Crippen LogP contribution in [-0.4, -0.2) is 23.5 Å². The second-order valence-electron chi connectivity index (χ2n) is 3.61. The van der Waals surface area contributed by atoms with Gasteiger partial charge in [-0.25, -0.2) is 9.78 Å². The third-order valence-electron chi connectivity index (χ3n) is 2.18. The zero-order valence-electron chi connectivity index (χ0n) is 10.2. The van der Waals surface area contributed by atoms with Gasteiger partial charge in [-0.2, -0.15) is 11.3 Å². The highest BCUT2D eigenvalue weighted by Crippen LogP contribution is 2.17. The summed E-state index contributed by atoms with van der Waals surface area (Å²) in [6.07, 6.45) is 0.303. The lowest BCUT2D eigenvalue weighted by atomic mass is 10.2. The Labute approximate surface area is 118 Å². The fraction of sp³-hybridized carbons (Fsp3) is 0.250. The average molecular weight is 296 g/mol. The van der Waals surface area contributed by atoms with Gasteiger partial charge in [-0.05, 0) is 29.3 Å². The Morgan fingerprint density at radius 2 is 2.26 bits per heavy atom. The number of hydrogen-bond acceptors (Lipinski definition) is 6. The van der Waals surface area contributed by atoms with Crippen LogP contribution in [0.15, 0.2) is 22.2 Å². The molecule has 2 aromatic heterocycles. The molecule has 0 atom stereocenters. The summed E-state index contributed by atoms with van der Waals surface area (Å²) in [5.74, 6) is -0.625. The SMILES string of the molecule is CCOC(=O)c1csc(NC(=O)Cc2ccsc2)n1. The number of nitrogens with one attached hydrogen (secondary N) is 1. The summed E-state index contributed by atoms with van der Waals surface area (Å²) >= 11 is 2.75. The molecule has 0 aliphatic carbocycles. The molecular weight excluding hydrogens is 284 g/mol. The van der Waals surface area contributed by atoms with Gasteiger partial charge in [-0.1, -0.05) is 0 Å². The fourth-order valence-electron chi connectivity index (χ4n) is 1.37. The molecular formula is C12H12N2O3S2. The van der Waals surface area contributed by atoms with Crippen molar-refractivity contribution in [1.82, 2.24) is 4.98 Å². The minimum Gasteiger partial charge on any atom is -0.461 e. The van der Waals surface area contributed by atoms with Crippen molar-refractivity contribution >= 4 is 39.7 Å². The van der Waals surface area contributed by atoms with Crippen LogP contribution in [0, 0.1) is 0 Å². The van der Waals surface area contributed by atoms with Gasteiger partial charge >= 0.3 is 5.97 Å². The monoisotopic (exact) mass is 296 g/mol. The molecule has 19 heavy (non-hydrogen) atoms. The Bertz CT molecular complexity index is 563. The third kappa shape index (κ3) is 3.87. The molecule has 2 aromatic rings. The standard InChI is InChI=1S/C12H12N2O3S2/c1-2-17-11(16)9-7-19-12(13-9)14-10(15)5-8-3-4-18-6-8/h3-4,6-7H,2,5H2,1H3,(H,13,14,15). The van der Waals surface area contributed by atoms with Crippen molar-refractivity contribution in [2.45, 2.75) is 13.3 Å². The number of thiophene rings is 1. The van der Waals surface area contributed by atoms with E-state index in [9.17, 15) is 9.59 Å². The first kappa shape index (κ1) is 13.7. The smallest absolute Gasteiger partial charge is 0.357 e. The van der Waals surface area contributed by atoms with Crippen molar-refractivity contribution in [2.75, 3.05) is 11.9 Å². The first-order chi connectivity index (χ1) is 9.19. The van der Waals surface area contributed by atoms with Gasteiger partial charge in [-0.15, -0.1) is 11.3 Å². The molecule has 0 saturated carbocycles. The maximum absolute atomic E-state index is 11.7. The van der Waals surface area contributed by atoms with E-state index in [2.05, 4.69) is 10.3 Å². The summed E-state index contributed by atoms with van der Waals surface area (Å²) in [4.78, 5) is 27.2. The highest BCUT2D eigenvalue weighted by molar-refractivity contribution is 7.14. The molecule has 0 bridgehead atoms. The summed E-state index contributed by atoms with van der Waals surface area (Å²) in [6, 6.07) is 1.90. The molecule has 1 N–H and O–H groups in total. The van der Waals surface area contributed by atoms with E-state index in [0.717, 1.165) is 5.56 Å². The summed E-state index contributed by atoms with van der Waals surface area (Å²) in [7, 11) is 0. The minimum atomic E-state index is -0.475. The van der Waals surface area contributed by atoms with Gasteiger partial charge in [0.15, 0.2) is 10.8 Å². The lowest BCUT2D eigenvalue weighted by Crippen LogP contribution is -2.14. The van der Waals surface area contributed by atoms with Crippen molar-refractivity contribution in [2.24, 2.45) is 0 Å². The quantitative estimate of drug-likeness (QED) is 0.861. The van der Waals surface area contributed by atoms with Gasteiger partial charge in [-0.3, -0.25) is 4.79 Å². The number of aromatic nitrogens is 1. The maximum Gasteiger partial charge on any atom is 0.357 e. The molecule has 0 aliphatic heterocycles. The molecule has 0 aliphatic rings. The van der Waals surface area contributed by atoms with Crippen molar-refractivity contribution in [1.29, 1.82) is 0 Å². The predicted molar refractivity (Wildman–Crippen MR) is 74.7 cm³/mol. The molecule has 2 heterocycles. The first-order valence-electron chi connectivity index (χ1n) is 5.62. The minimum absolute atomic E-state index is 0.150. The van der Waals surface area contributed by atoms with E-state index < -0.39 is 5.97 Å². The number of nitrogens with zero attached hydrogens (tertiary/aromatic N) is 1. The number of carbonyl (C=O) groups is 2. The average Bonchev–Trinajstić information content (AvgIpc) is 3.00. The van der Waals surface area contributed by atoms with E-state index in [1.165, 1.54) is 11.3 Å².